The summed E-state index contributed by atoms with van der Waals surface area (Å²) in [5.41, 5.74) is 0.604. The van der Waals surface area contributed by atoms with Crippen LogP contribution in [0.25, 0.3) is 0 Å². The number of ether oxygens (including phenoxy) is 1. The van der Waals surface area contributed by atoms with Gasteiger partial charge in [-0.25, -0.2) is 4.98 Å². The fraction of sp³-hybridized carbons (Fsp3) is 0.357. The molecular formula is C14H15N5O. The van der Waals surface area contributed by atoms with Crippen LogP contribution in [0.5, 0.6) is 0 Å². The molecule has 0 N–H and O–H groups in total. The third-order valence-corrected chi connectivity index (χ3v) is 3.30. The lowest BCUT2D eigenvalue weighted by atomic mass is 10.2. The molecular weight excluding hydrogens is 254 g/mol. The van der Waals surface area contributed by atoms with E-state index in [4.69, 9.17) is 10.00 Å². The summed E-state index contributed by atoms with van der Waals surface area (Å²) in [7, 11) is 0. The van der Waals surface area contributed by atoms with Crippen molar-refractivity contribution >= 4 is 5.82 Å². The first kappa shape index (κ1) is 12.6. The van der Waals surface area contributed by atoms with E-state index in [1.165, 1.54) is 0 Å². The zero-order chi connectivity index (χ0) is 13.8. The molecule has 6 heteroatoms. The maximum absolute atomic E-state index is 9.16. The van der Waals surface area contributed by atoms with Crippen LogP contribution in [0.2, 0.25) is 0 Å². The van der Waals surface area contributed by atoms with Crippen LogP contribution in [0.4, 0.5) is 5.82 Å². The predicted molar refractivity (Wildman–Crippen MR) is 73.1 cm³/mol. The minimum absolute atomic E-state index is 0.0530. The van der Waals surface area contributed by atoms with E-state index in [0.29, 0.717) is 25.3 Å². The van der Waals surface area contributed by atoms with E-state index >= 15 is 0 Å². The Kier molecular flexibility index (Phi) is 3.61. The van der Waals surface area contributed by atoms with Crippen LogP contribution in [0, 0.1) is 11.3 Å². The van der Waals surface area contributed by atoms with Crippen LogP contribution in [0.1, 0.15) is 5.56 Å². The van der Waals surface area contributed by atoms with Gasteiger partial charge >= 0.3 is 0 Å². The van der Waals surface area contributed by atoms with E-state index in [-0.39, 0.29) is 6.10 Å². The summed E-state index contributed by atoms with van der Waals surface area (Å²) in [5, 5.41) is 13.4. The maximum Gasteiger partial charge on any atom is 0.146 e. The van der Waals surface area contributed by atoms with Gasteiger partial charge in [0, 0.05) is 31.7 Å². The van der Waals surface area contributed by atoms with E-state index in [9.17, 15) is 0 Å². The van der Waals surface area contributed by atoms with E-state index in [0.717, 1.165) is 12.4 Å². The lowest BCUT2D eigenvalue weighted by molar-refractivity contribution is 0.0272. The molecule has 3 rings (SSSR count). The SMILES string of the molecule is N#Cc1cccnc1N1CCO[C@@H](Cn2cccn2)C1. The summed E-state index contributed by atoms with van der Waals surface area (Å²) in [6.45, 7) is 2.80. The van der Waals surface area contributed by atoms with Gasteiger partial charge in [-0.15, -0.1) is 0 Å². The Morgan fingerprint density at radius 1 is 1.40 bits per heavy atom. The van der Waals surface area contributed by atoms with E-state index < -0.39 is 0 Å². The molecule has 2 aromatic rings. The molecule has 1 fully saturated rings. The second kappa shape index (κ2) is 5.72. The highest BCUT2D eigenvalue weighted by atomic mass is 16.5. The van der Waals surface area contributed by atoms with Gasteiger partial charge in [0.25, 0.3) is 0 Å². The van der Waals surface area contributed by atoms with Gasteiger partial charge < -0.3 is 9.64 Å². The average molecular weight is 269 g/mol. The Labute approximate surface area is 117 Å². The maximum atomic E-state index is 9.16. The monoisotopic (exact) mass is 269 g/mol. The van der Waals surface area contributed by atoms with Crippen molar-refractivity contribution in [2.45, 2.75) is 12.6 Å². The molecule has 6 nitrogen and oxygen atoms in total. The third-order valence-electron chi connectivity index (χ3n) is 3.30. The molecule has 0 radical (unpaired) electrons. The Hall–Kier alpha value is -2.39. The first-order chi connectivity index (χ1) is 9.86. The molecule has 0 saturated carbocycles. The Balaban J connectivity index is 1.73. The number of nitriles is 1. The minimum atomic E-state index is 0.0530. The molecule has 0 amide bonds. The lowest BCUT2D eigenvalue weighted by Crippen LogP contribution is -2.45. The fourth-order valence-electron chi connectivity index (χ4n) is 2.38. The first-order valence-electron chi connectivity index (χ1n) is 6.56. The number of hydrogen-bond acceptors (Lipinski definition) is 5. The van der Waals surface area contributed by atoms with Gasteiger partial charge in [-0.1, -0.05) is 0 Å². The van der Waals surface area contributed by atoms with Crippen LogP contribution in [-0.2, 0) is 11.3 Å². The molecule has 1 saturated heterocycles. The average Bonchev–Trinajstić information content (AvgIpc) is 3.00. The Morgan fingerprint density at radius 2 is 2.35 bits per heavy atom. The molecule has 1 aliphatic heterocycles. The van der Waals surface area contributed by atoms with Crippen LogP contribution in [0.3, 0.4) is 0 Å². The summed E-state index contributed by atoms with van der Waals surface area (Å²) in [5.74, 6) is 0.740. The van der Waals surface area contributed by atoms with Gasteiger partial charge in [0.2, 0.25) is 0 Å². The zero-order valence-electron chi connectivity index (χ0n) is 11.0. The second-order valence-corrected chi connectivity index (χ2v) is 4.65. The first-order valence-corrected chi connectivity index (χ1v) is 6.56. The third kappa shape index (κ3) is 2.63. The van der Waals surface area contributed by atoms with Gasteiger partial charge in [0.15, 0.2) is 0 Å². The summed E-state index contributed by atoms with van der Waals surface area (Å²) in [4.78, 5) is 6.44. The standard InChI is InChI=1S/C14H15N5O/c15-9-12-3-1-4-16-14(12)18-7-8-20-13(10-18)11-19-6-2-5-17-19/h1-6,13H,7-8,10-11H2/t13-/m1/s1. The van der Waals surface area contributed by atoms with Crippen molar-refractivity contribution in [3.63, 3.8) is 0 Å². The fourth-order valence-corrected chi connectivity index (χ4v) is 2.38. The van der Waals surface area contributed by atoms with Crippen LogP contribution >= 0.6 is 0 Å². The molecule has 2 aromatic heterocycles. The number of rotatable bonds is 3. The highest BCUT2D eigenvalue weighted by Gasteiger charge is 2.23. The normalized spacial score (nSPS) is 18.8. The van der Waals surface area contributed by atoms with Crippen molar-refractivity contribution in [3.05, 3.63) is 42.4 Å². The molecule has 102 valence electrons. The molecule has 1 atom stereocenters. The molecule has 1 aliphatic rings. The van der Waals surface area contributed by atoms with E-state index in [1.54, 1.807) is 24.5 Å². The van der Waals surface area contributed by atoms with Gasteiger partial charge in [-0.2, -0.15) is 10.4 Å². The largest absolute Gasteiger partial charge is 0.373 e. The highest BCUT2D eigenvalue weighted by Crippen LogP contribution is 2.19. The second-order valence-electron chi connectivity index (χ2n) is 4.65. The smallest absolute Gasteiger partial charge is 0.146 e. The molecule has 0 aliphatic carbocycles. The molecule has 0 unspecified atom stereocenters. The highest BCUT2D eigenvalue weighted by molar-refractivity contribution is 5.53. The van der Waals surface area contributed by atoms with Crippen molar-refractivity contribution in [1.82, 2.24) is 14.8 Å². The summed E-state index contributed by atoms with van der Waals surface area (Å²) in [6.07, 6.45) is 5.45. The Morgan fingerprint density at radius 3 is 3.15 bits per heavy atom. The van der Waals surface area contributed by atoms with Gasteiger partial charge in [-0.3, -0.25) is 4.68 Å². The van der Waals surface area contributed by atoms with Crippen molar-refractivity contribution in [2.24, 2.45) is 0 Å². The zero-order valence-corrected chi connectivity index (χ0v) is 11.0. The number of anilines is 1. The number of morpholine rings is 1. The molecule has 0 spiro atoms. The predicted octanol–water partition coefficient (Wildman–Crippen LogP) is 1.06. The molecule has 3 heterocycles. The summed E-state index contributed by atoms with van der Waals surface area (Å²) >= 11 is 0. The van der Waals surface area contributed by atoms with Crippen LogP contribution in [0.15, 0.2) is 36.8 Å². The summed E-state index contributed by atoms with van der Waals surface area (Å²) < 4.78 is 7.62. The van der Waals surface area contributed by atoms with Crippen LogP contribution < -0.4 is 4.90 Å². The minimum Gasteiger partial charge on any atom is -0.373 e. The van der Waals surface area contributed by atoms with Gasteiger partial charge in [0.05, 0.1) is 24.8 Å². The molecule has 20 heavy (non-hydrogen) atoms. The quantitative estimate of drug-likeness (QED) is 0.833. The van der Waals surface area contributed by atoms with E-state index in [1.807, 2.05) is 16.9 Å². The van der Waals surface area contributed by atoms with E-state index in [2.05, 4.69) is 21.1 Å². The topological polar surface area (TPSA) is 67.0 Å². The number of pyridine rings is 1. The van der Waals surface area contributed by atoms with Gasteiger partial charge in [0.1, 0.15) is 11.9 Å². The number of aromatic nitrogens is 3. The Bertz CT molecular complexity index is 604. The van der Waals surface area contributed by atoms with Crippen molar-refractivity contribution < 1.29 is 4.74 Å². The molecule has 0 aromatic carbocycles. The summed E-state index contributed by atoms with van der Waals surface area (Å²) in [6, 6.07) is 7.66. The van der Waals surface area contributed by atoms with Crippen molar-refractivity contribution in [2.75, 3.05) is 24.6 Å². The molecule has 0 bridgehead atoms. The number of hydrogen-bond donors (Lipinski definition) is 0. The number of nitrogens with zero attached hydrogens (tertiary/aromatic N) is 5. The lowest BCUT2D eigenvalue weighted by Gasteiger charge is -2.34. The van der Waals surface area contributed by atoms with Gasteiger partial charge in [-0.05, 0) is 18.2 Å². The van der Waals surface area contributed by atoms with Crippen molar-refractivity contribution in [3.8, 4) is 6.07 Å². The van der Waals surface area contributed by atoms with Crippen LogP contribution in [-0.4, -0.2) is 40.6 Å². The van der Waals surface area contributed by atoms with Crippen molar-refractivity contribution in [1.29, 1.82) is 5.26 Å².